The molecule has 1 saturated heterocycles. The summed E-state index contributed by atoms with van der Waals surface area (Å²) in [5.74, 6) is 0.271. The Hall–Kier alpha value is -2.51. The summed E-state index contributed by atoms with van der Waals surface area (Å²) in [5.41, 5.74) is -0.909. The average Bonchev–Trinajstić information content (AvgIpc) is 2.44. The monoisotopic (exact) mass is 307 g/mol. The predicted molar refractivity (Wildman–Crippen MR) is 78.6 cm³/mol. The molecule has 2 atom stereocenters. The van der Waals surface area contributed by atoms with Gasteiger partial charge in [-0.15, -0.1) is 0 Å². The highest BCUT2D eigenvalue weighted by molar-refractivity contribution is 5.95. The normalized spacial score (nSPS) is 21.5. The fourth-order valence-electron chi connectivity index (χ4n) is 2.94. The van der Waals surface area contributed by atoms with Gasteiger partial charge in [0.1, 0.15) is 0 Å². The summed E-state index contributed by atoms with van der Waals surface area (Å²) in [4.78, 5) is 34.5. The first kappa shape index (κ1) is 15.9. The Kier molecular flexibility index (Phi) is 4.39. The van der Waals surface area contributed by atoms with Crippen molar-refractivity contribution in [1.29, 1.82) is 0 Å². The zero-order chi connectivity index (χ0) is 16.4. The van der Waals surface area contributed by atoms with Crippen molar-refractivity contribution in [3.8, 4) is 0 Å². The maximum Gasteiger partial charge on any atom is 0.277 e. The van der Waals surface area contributed by atoms with Gasteiger partial charge in [0.2, 0.25) is 0 Å². The highest BCUT2D eigenvalue weighted by Gasteiger charge is 2.28. The fraction of sp³-hybridized carbons (Fsp3) is 0.500. The summed E-state index contributed by atoms with van der Waals surface area (Å²) >= 11 is 0. The van der Waals surface area contributed by atoms with Gasteiger partial charge in [-0.05, 0) is 18.3 Å². The van der Waals surface area contributed by atoms with Gasteiger partial charge in [-0.3, -0.25) is 25.0 Å². The molecule has 1 aliphatic heterocycles. The summed E-state index contributed by atoms with van der Waals surface area (Å²) in [5, 5.41) is 21.8. The van der Waals surface area contributed by atoms with Crippen LogP contribution in [0.1, 0.15) is 30.6 Å². The molecular weight excluding hydrogens is 290 g/mol. The van der Waals surface area contributed by atoms with E-state index in [4.69, 9.17) is 0 Å². The van der Waals surface area contributed by atoms with Gasteiger partial charge in [-0.25, -0.2) is 0 Å². The lowest BCUT2D eigenvalue weighted by atomic mass is 9.91. The molecular formula is C14H17N3O5. The van der Waals surface area contributed by atoms with Crippen LogP contribution in [-0.4, -0.2) is 33.7 Å². The largest absolute Gasteiger partial charge is 0.338 e. The van der Waals surface area contributed by atoms with Crippen LogP contribution in [-0.2, 0) is 0 Å². The molecule has 0 spiro atoms. The number of hydrogen-bond acceptors (Lipinski definition) is 5. The summed E-state index contributed by atoms with van der Waals surface area (Å²) in [6.45, 7) is 5.18. The number of nitro benzene ring substituents is 2. The number of carbonyl (C=O) groups excluding carboxylic acids is 1. The molecule has 22 heavy (non-hydrogen) atoms. The zero-order valence-corrected chi connectivity index (χ0v) is 12.4. The highest BCUT2D eigenvalue weighted by Crippen LogP contribution is 2.26. The number of nitrogens with zero attached hydrogens (tertiary/aromatic N) is 3. The van der Waals surface area contributed by atoms with Gasteiger partial charge in [0.25, 0.3) is 17.3 Å². The number of non-ortho nitro benzene ring substituents is 2. The number of rotatable bonds is 3. The lowest BCUT2D eigenvalue weighted by Gasteiger charge is -2.35. The van der Waals surface area contributed by atoms with Crippen LogP contribution >= 0.6 is 0 Å². The molecule has 0 aliphatic carbocycles. The molecule has 8 heteroatoms. The van der Waals surface area contributed by atoms with Crippen molar-refractivity contribution in [2.24, 2.45) is 11.8 Å². The Morgan fingerprint density at radius 1 is 1.05 bits per heavy atom. The second-order valence-electron chi connectivity index (χ2n) is 5.91. The number of amides is 1. The van der Waals surface area contributed by atoms with Crippen LogP contribution in [0, 0.1) is 32.1 Å². The molecule has 1 fully saturated rings. The Bertz CT molecular complexity index is 589. The summed E-state index contributed by atoms with van der Waals surface area (Å²) in [6, 6.07) is 3.05. The maximum absolute atomic E-state index is 12.5. The number of piperidine rings is 1. The van der Waals surface area contributed by atoms with E-state index >= 15 is 0 Å². The molecule has 0 radical (unpaired) electrons. The van der Waals surface area contributed by atoms with E-state index in [1.807, 2.05) is 13.8 Å². The third kappa shape index (κ3) is 3.38. The first-order chi connectivity index (χ1) is 10.3. The number of likely N-dealkylation sites (tertiary alicyclic amines) is 1. The Balaban J connectivity index is 2.36. The Morgan fingerprint density at radius 2 is 1.50 bits per heavy atom. The van der Waals surface area contributed by atoms with Crippen LogP contribution in [0.15, 0.2) is 18.2 Å². The molecule has 0 saturated carbocycles. The van der Waals surface area contributed by atoms with Crippen molar-refractivity contribution < 1.29 is 14.6 Å². The molecule has 1 heterocycles. The van der Waals surface area contributed by atoms with Crippen LogP contribution < -0.4 is 0 Å². The van der Waals surface area contributed by atoms with Gasteiger partial charge in [0.15, 0.2) is 0 Å². The summed E-state index contributed by atoms with van der Waals surface area (Å²) in [7, 11) is 0. The van der Waals surface area contributed by atoms with Gasteiger partial charge in [0, 0.05) is 25.2 Å². The third-order valence-electron chi connectivity index (χ3n) is 3.73. The van der Waals surface area contributed by atoms with E-state index in [9.17, 15) is 25.0 Å². The minimum Gasteiger partial charge on any atom is -0.338 e. The lowest BCUT2D eigenvalue weighted by Crippen LogP contribution is -2.42. The van der Waals surface area contributed by atoms with Crippen LogP contribution in [0.3, 0.4) is 0 Å². The molecule has 1 amide bonds. The molecule has 8 nitrogen and oxygen atoms in total. The van der Waals surface area contributed by atoms with Crippen molar-refractivity contribution in [2.45, 2.75) is 20.3 Å². The minimum absolute atomic E-state index is 0.0119. The Morgan fingerprint density at radius 3 is 1.91 bits per heavy atom. The minimum atomic E-state index is -0.731. The summed E-state index contributed by atoms with van der Waals surface area (Å²) < 4.78 is 0. The number of nitro groups is 2. The second kappa shape index (κ2) is 6.08. The van der Waals surface area contributed by atoms with Crippen molar-refractivity contribution in [1.82, 2.24) is 4.90 Å². The molecule has 1 aromatic carbocycles. The highest BCUT2D eigenvalue weighted by atomic mass is 16.6. The number of carbonyl (C=O) groups is 1. The van der Waals surface area contributed by atoms with Gasteiger partial charge >= 0.3 is 0 Å². The average molecular weight is 307 g/mol. The van der Waals surface area contributed by atoms with E-state index in [-0.39, 0.29) is 5.56 Å². The van der Waals surface area contributed by atoms with Crippen LogP contribution in [0.5, 0.6) is 0 Å². The Labute approximate surface area is 127 Å². The van der Waals surface area contributed by atoms with Gasteiger partial charge < -0.3 is 4.90 Å². The molecule has 0 unspecified atom stereocenters. The van der Waals surface area contributed by atoms with E-state index < -0.39 is 27.1 Å². The summed E-state index contributed by atoms with van der Waals surface area (Å²) in [6.07, 6.45) is 1.01. The van der Waals surface area contributed by atoms with Crippen LogP contribution in [0.25, 0.3) is 0 Å². The molecule has 118 valence electrons. The predicted octanol–water partition coefficient (Wildman–Crippen LogP) is 2.62. The quantitative estimate of drug-likeness (QED) is 0.630. The van der Waals surface area contributed by atoms with Gasteiger partial charge in [-0.1, -0.05) is 13.8 Å². The fourth-order valence-corrected chi connectivity index (χ4v) is 2.94. The van der Waals surface area contributed by atoms with E-state index in [1.54, 1.807) is 4.90 Å². The lowest BCUT2D eigenvalue weighted by molar-refractivity contribution is -0.394. The third-order valence-corrected chi connectivity index (χ3v) is 3.73. The van der Waals surface area contributed by atoms with Crippen molar-refractivity contribution in [2.75, 3.05) is 13.1 Å². The van der Waals surface area contributed by atoms with E-state index in [2.05, 4.69) is 0 Å². The first-order valence-corrected chi connectivity index (χ1v) is 7.01. The standard InChI is InChI=1S/C14H17N3O5/c1-9-3-10(2)8-15(7-9)14(18)11-4-12(16(19)20)6-13(5-11)17(21)22/h4-6,9-10H,3,7-8H2,1-2H3/t9-,10-/m0/s1. The molecule has 0 bridgehead atoms. The van der Waals surface area contributed by atoms with Crippen LogP contribution in [0.4, 0.5) is 11.4 Å². The molecule has 1 aliphatic rings. The molecule has 0 N–H and O–H groups in total. The van der Waals surface area contributed by atoms with Crippen molar-refractivity contribution >= 4 is 17.3 Å². The van der Waals surface area contributed by atoms with Gasteiger partial charge in [-0.2, -0.15) is 0 Å². The molecule has 2 rings (SSSR count). The smallest absolute Gasteiger partial charge is 0.277 e. The van der Waals surface area contributed by atoms with Crippen molar-refractivity contribution in [3.05, 3.63) is 44.0 Å². The van der Waals surface area contributed by atoms with Crippen LogP contribution in [0.2, 0.25) is 0 Å². The molecule has 0 aromatic heterocycles. The van der Waals surface area contributed by atoms with E-state index in [1.165, 1.54) is 0 Å². The maximum atomic E-state index is 12.5. The van der Waals surface area contributed by atoms with E-state index in [0.29, 0.717) is 24.9 Å². The number of benzene rings is 1. The van der Waals surface area contributed by atoms with Gasteiger partial charge in [0.05, 0.1) is 21.5 Å². The molecule has 1 aromatic rings. The zero-order valence-electron chi connectivity index (χ0n) is 12.4. The van der Waals surface area contributed by atoms with E-state index in [0.717, 1.165) is 24.6 Å². The topological polar surface area (TPSA) is 107 Å². The van der Waals surface area contributed by atoms with Crippen molar-refractivity contribution in [3.63, 3.8) is 0 Å². The second-order valence-corrected chi connectivity index (χ2v) is 5.91. The number of hydrogen-bond donors (Lipinski definition) is 0. The SMILES string of the molecule is C[C@H]1C[C@H](C)CN(C(=O)c2cc([N+](=O)[O-])cc([N+](=O)[O-])c2)C1. The first-order valence-electron chi connectivity index (χ1n) is 7.01.